The molecule has 0 saturated heterocycles. The van der Waals surface area contributed by atoms with Crippen LogP contribution in [-0.4, -0.2) is 20.5 Å². The van der Waals surface area contributed by atoms with Gasteiger partial charge in [0.05, 0.1) is 22.3 Å². The van der Waals surface area contributed by atoms with E-state index < -0.39 is 17.5 Å². The molecule has 0 unspecified atom stereocenters. The van der Waals surface area contributed by atoms with E-state index in [0.29, 0.717) is 22.7 Å². The minimum absolute atomic E-state index is 0.158. The van der Waals surface area contributed by atoms with Gasteiger partial charge >= 0.3 is 0 Å². The third kappa shape index (κ3) is 3.47. The summed E-state index contributed by atoms with van der Waals surface area (Å²) < 4.78 is 35.2. The summed E-state index contributed by atoms with van der Waals surface area (Å²) in [6.07, 6.45) is 3.02. The maximum Gasteiger partial charge on any atom is 0.250 e. The third-order valence-corrected chi connectivity index (χ3v) is 4.76. The number of fused-ring (bicyclic) bond motifs is 1. The number of aromatic nitrogens is 3. The van der Waals surface area contributed by atoms with Crippen molar-refractivity contribution in [1.82, 2.24) is 14.6 Å². The van der Waals surface area contributed by atoms with Crippen molar-refractivity contribution in [1.29, 1.82) is 0 Å². The van der Waals surface area contributed by atoms with E-state index in [0.717, 1.165) is 11.1 Å². The summed E-state index contributed by atoms with van der Waals surface area (Å²) in [5.41, 5.74) is 9.18. The summed E-state index contributed by atoms with van der Waals surface area (Å²) in [6, 6.07) is 8.96. The fraction of sp³-hybridized carbons (Fsp3) is 0.136. The highest BCUT2D eigenvalue weighted by atomic mass is 19.1. The summed E-state index contributed by atoms with van der Waals surface area (Å²) in [5.74, 6) is -1.59. The number of aryl methyl sites for hydroxylation is 2. The Morgan fingerprint density at radius 3 is 2.57 bits per heavy atom. The lowest BCUT2D eigenvalue weighted by atomic mass is 10.0. The van der Waals surface area contributed by atoms with Crippen molar-refractivity contribution in [3.05, 3.63) is 82.8 Å². The van der Waals surface area contributed by atoms with Crippen LogP contribution in [0.25, 0.3) is 16.6 Å². The van der Waals surface area contributed by atoms with E-state index in [4.69, 9.17) is 10.5 Å². The lowest BCUT2D eigenvalue weighted by Gasteiger charge is -2.11. The van der Waals surface area contributed by atoms with Gasteiger partial charge in [-0.05, 0) is 43.7 Å². The zero-order chi connectivity index (χ0) is 21.4. The molecule has 152 valence electrons. The molecule has 3 aromatic heterocycles. The van der Waals surface area contributed by atoms with Crippen molar-refractivity contribution in [3.63, 3.8) is 0 Å². The predicted octanol–water partition coefficient (Wildman–Crippen LogP) is 3.97. The molecule has 0 bridgehead atoms. The molecule has 0 spiro atoms. The number of nitrogens with two attached hydrogens (primary N) is 1. The molecular formula is C22H18F2N4O2. The number of nitrogens with zero attached hydrogens (tertiary/aromatic N) is 3. The summed E-state index contributed by atoms with van der Waals surface area (Å²) in [7, 11) is 0. The number of hydrogen-bond donors (Lipinski definition) is 1. The first kappa shape index (κ1) is 19.5. The van der Waals surface area contributed by atoms with Gasteiger partial charge in [-0.3, -0.25) is 9.78 Å². The van der Waals surface area contributed by atoms with E-state index in [9.17, 15) is 13.6 Å². The molecule has 0 saturated carbocycles. The number of amides is 1. The molecular weight excluding hydrogens is 390 g/mol. The van der Waals surface area contributed by atoms with Crippen molar-refractivity contribution in [2.45, 2.75) is 20.5 Å². The molecule has 0 aliphatic carbocycles. The molecule has 4 rings (SSSR count). The third-order valence-electron chi connectivity index (χ3n) is 4.76. The Morgan fingerprint density at radius 2 is 1.87 bits per heavy atom. The van der Waals surface area contributed by atoms with Crippen LogP contribution in [0.4, 0.5) is 8.78 Å². The highest BCUT2D eigenvalue weighted by molar-refractivity contribution is 5.94. The number of carbonyl (C=O) groups excluding carboxylic acids is 1. The number of benzene rings is 1. The minimum Gasteiger partial charge on any atom is -0.473 e. The molecule has 0 aliphatic heterocycles. The Morgan fingerprint density at radius 1 is 1.13 bits per heavy atom. The van der Waals surface area contributed by atoms with Crippen LogP contribution in [0.3, 0.4) is 0 Å². The molecule has 1 amide bonds. The van der Waals surface area contributed by atoms with E-state index in [1.807, 2.05) is 19.9 Å². The molecule has 8 heteroatoms. The lowest BCUT2D eigenvalue weighted by molar-refractivity contribution is 0.1000. The zero-order valence-electron chi connectivity index (χ0n) is 16.3. The largest absolute Gasteiger partial charge is 0.473 e. The van der Waals surface area contributed by atoms with E-state index in [-0.39, 0.29) is 17.7 Å². The van der Waals surface area contributed by atoms with Gasteiger partial charge in [0.15, 0.2) is 0 Å². The quantitative estimate of drug-likeness (QED) is 0.542. The van der Waals surface area contributed by atoms with Crippen LogP contribution in [0.5, 0.6) is 5.88 Å². The van der Waals surface area contributed by atoms with Crippen molar-refractivity contribution in [2.75, 3.05) is 0 Å². The number of halogens is 2. The van der Waals surface area contributed by atoms with Crippen molar-refractivity contribution >= 4 is 11.4 Å². The van der Waals surface area contributed by atoms with Crippen LogP contribution in [0.1, 0.15) is 27.2 Å². The molecule has 4 aromatic rings. The van der Waals surface area contributed by atoms with Crippen molar-refractivity contribution in [3.8, 4) is 17.0 Å². The van der Waals surface area contributed by atoms with Gasteiger partial charge in [-0.2, -0.15) is 5.10 Å². The Bertz CT molecular complexity index is 1260. The van der Waals surface area contributed by atoms with Crippen LogP contribution < -0.4 is 10.5 Å². The molecule has 6 nitrogen and oxygen atoms in total. The SMILES string of the molecule is Cc1cc(OCc2c(F)cccc2F)n2nc(C)c(-c3cncc(C(N)=O)c3)c2c1. The highest BCUT2D eigenvalue weighted by Gasteiger charge is 2.17. The first-order chi connectivity index (χ1) is 14.3. The molecule has 2 N–H and O–H groups in total. The summed E-state index contributed by atoms with van der Waals surface area (Å²) in [5, 5.41) is 4.52. The van der Waals surface area contributed by atoms with Crippen LogP contribution in [0.2, 0.25) is 0 Å². The number of carbonyl (C=O) groups is 1. The number of hydrogen-bond acceptors (Lipinski definition) is 4. The smallest absolute Gasteiger partial charge is 0.250 e. The Balaban J connectivity index is 1.79. The minimum atomic E-state index is -0.675. The topological polar surface area (TPSA) is 82.5 Å². The van der Waals surface area contributed by atoms with Crippen LogP contribution in [0.15, 0.2) is 48.8 Å². The molecule has 30 heavy (non-hydrogen) atoms. The van der Waals surface area contributed by atoms with Crippen LogP contribution in [0, 0.1) is 25.5 Å². The van der Waals surface area contributed by atoms with Crippen LogP contribution >= 0.6 is 0 Å². The molecule has 0 atom stereocenters. The molecule has 3 heterocycles. The number of pyridine rings is 2. The summed E-state index contributed by atoms with van der Waals surface area (Å²) in [4.78, 5) is 15.6. The fourth-order valence-corrected chi connectivity index (χ4v) is 3.35. The van der Waals surface area contributed by atoms with Crippen molar-refractivity contribution in [2.24, 2.45) is 5.73 Å². The average Bonchev–Trinajstić information content (AvgIpc) is 3.03. The van der Waals surface area contributed by atoms with Gasteiger partial charge in [-0.25, -0.2) is 13.3 Å². The number of ether oxygens (including phenoxy) is 1. The van der Waals surface area contributed by atoms with Gasteiger partial charge < -0.3 is 10.5 Å². The van der Waals surface area contributed by atoms with Crippen LogP contribution in [-0.2, 0) is 6.61 Å². The van der Waals surface area contributed by atoms with Gasteiger partial charge in [-0.1, -0.05) is 6.07 Å². The standard InChI is InChI=1S/C22H18F2N4O2/c1-12-6-19-21(14-8-15(22(25)29)10-26-9-14)13(2)27-28(19)20(7-12)30-11-16-17(23)4-3-5-18(16)24/h3-10H,11H2,1-2H3,(H2,25,29). The zero-order valence-corrected chi connectivity index (χ0v) is 16.3. The van der Waals surface area contributed by atoms with E-state index in [1.165, 1.54) is 24.4 Å². The van der Waals surface area contributed by atoms with Crippen molar-refractivity contribution < 1.29 is 18.3 Å². The second kappa shape index (κ2) is 7.55. The Kier molecular flexibility index (Phi) is 4.91. The Hall–Kier alpha value is -3.81. The van der Waals surface area contributed by atoms with Gasteiger partial charge in [0.1, 0.15) is 18.2 Å². The molecule has 1 aromatic carbocycles. The first-order valence-corrected chi connectivity index (χ1v) is 9.16. The van der Waals surface area contributed by atoms with Gasteiger partial charge in [-0.15, -0.1) is 0 Å². The predicted molar refractivity (Wildman–Crippen MR) is 107 cm³/mol. The normalized spacial score (nSPS) is 11.1. The number of primary amides is 1. The molecule has 0 radical (unpaired) electrons. The molecule has 0 aliphatic rings. The highest BCUT2D eigenvalue weighted by Crippen LogP contribution is 2.32. The van der Waals surface area contributed by atoms with E-state index in [2.05, 4.69) is 10.1 Å². The van der Waals surface area contributed by atoms with E-state index >= 15 is 0 Å². The van der Waals surface area contributed by atoms with Gasteiger partial charge in [0.25, 0.3) is 0 Å². The first-order valence-electron chi connectivity index (χ1n) is 9.16. The van der Waals surface area contributed by atoms with Gasteiger partial charge in [0, 0.05) is 29.6 Å². The van der Waals surface area contributed by atoms with E-state index in [1.54, 1.807) is 22.8 Å². The lowest BCUT2D eigenvalue weighted by Crippen LogP contribution is -2.11. The summed E-state index contributed by atoms with van der Waals surface area (Å²) >= 11 is 0. The maximum atomic E-state index is 14.0. The van der Waals surface area contributed by atoms with Gasteiger partial charge in [0.2, 0.25) is 11.8 Å². The second-order valence-electron chi connectivity index (χ2n) is 6.94. The number of rotatable bonds is 5. The maximum absolute atomic E-state index is 14.0. The fourth-order valence-electron chi connectivity index (χ4n) is 3.35. The molecule has 0 fully saturated rings. The summed E-state index contributed by atoms with van der Waals surface area (Å²) in [6.45, 7) is 3.40. The monoisotopic (exact) mass is 408 g/mol. The Labute approximate surface area is 170 Å². The average molecular weight is 408 g/mol. The second-order valence-corrected chi connectivity index (χ2v) is 6.94.